The first-order valence-corrected chi connectivity index (χ1v) is 5.30. The summed E-state index contributed by atoms with van der Waals surface area (Å²) < 4.78 is 4.50. The zero-order chi connectivity index (χ0) is 15.8. The lowest BCUT2D eigenvalue weighted by atomic mass is 11.0. The molecule has 1 aliphatic rings. The molecule has 2 aromatic rings. The largest absolute Gasteiger partial charge is 0.377 e. The van der Waals surface area contributed by atoms with Crippen molar-refractivity contribution >= 4 is 0 Å². The van der Waals surface area contributed by atoms with Gasteiger partial charge in [-0.2, -0.15) is 0 Å². The van der Waals surface area contributed by atoms with E-state index in [0.717, 1.165) is 13.2 Å². The molecule has 3 heterocycles. The van der Waals surface area contributed by atoms with Crippen molar-refractivity contribution in [3.63, 3.8) is 0 Å². The summed E-state index contributed by atoms with van der Waals surface area (Å²) in [6, 6.07) is 0. The van der Waals surface area contributed by atoms with Gasteiger partial charge in [0.15, 0.2) is 0 Å². The minimum atomic E-state index is -0.802. The minimum Gasteiger partial charge on any atom is -0.377 e. The maximum atomic E-state index is 10.2. The normalized spacial score (nSPS) is 11.4. The Balaban J connectivity index is 0.000000175. The van der Waals surface area contributed by atoms with Crippen LogP contribution in [0.2, 0.25) is 0 Å². The van der Waals surface area contributed by atoms with Gasteiger partial charge in [-0.1, -0.05) is 0 Å². The summed E-state index contributed by atoms with van der Waals surface area (Å²) in [6.45, 7) is 2.00. The number of rotatable bonds is 0. The summed E-state index contributed by atoms with van der Waals surface area (Å²) in [5.74, 6) is 0. The van der Waals surface area contributed by atoms with Crippen LogP contribution in [0.3, 0.4) is 0 Å². The lowest BCUT2D eigenvalue weighted by Gasteiger charge is -1.77. The third kappa shape index (κ3) is 7.73. The molecule has 114 valence electrons. The van der Waals surface area contributed by atoms with E-state index in [1.807, 2.05) is 0 Å². The van der Waals surface area contributed by atoms with Crippen LogP contribution < -0.4 is 34.1 Å². The van der Waals surface area contributed by atoms with Crippen LogP contribution in [0.1, 0.15) is 0 Å². The Kier molecular flexibility index (Phi) is 5.57. The van der Waals surface area contributed by atoms with Crippen LogP contribution in [-0.4, -0.2) is 43.1 Å². The van der Waals surface area contributed by atoms with Crippen molar-refractivity contribution in [2.45, 2.75) is 0 Å². The fourth-order valence-electron chi connectivity index (χ4n) is 0.806. The summed E-state index contributed by atoms with van der Waals surface area (Å²) in [6.07, 6.45) is 0. The summed E-state index contributed by atoms with van der Waals surface area (Å²) in [5.41, 5.74) is -4.81. The van der Waals surface area contributed by atoms with Gasteiger partial charge in [0.1, 0.15) is 0 Å². The zero-order valence-electron chi connectivity index (χ0n) is 10.3. The molecule has 3 rings (SSSR count). The fourth-order valence-corrected chi connectivity index (χ4v) is 0.806. The highest BCUT2D eigenvalue weighted by Gasteiger charge is 1.94. The highest BCUT2D eigenvalue weighted by Crippen LogP contribution is 1.84. The van der Waals surface area contributed by atoms with Crippen molar-refractivity contribution in [2.24, 2.45) is 0 Å². The van der Waals surface area contributed by atoms with Crippen molar-refractivity contribution in [1.29, 1.82) is 0 Å². The Morgan fingerprint density at radius 3 is 0.714 bits per heavy atom. The molecule has 0 aliphatic carbocycles. The molecule has 0 atom stereocenters. The van der Waals surface area contributed by atoms with Crippen LogP contribution in [0.15, 0.2) is 28.8 Å². The molecular formula is C8H10N6O7. The molecule has 13 heteroatoms. The second-order valence-electron chi connectivity index (χ2n) is 3.34. The quantitative estimate of drug-likeness (QED) is 0.262. The van der Waals surface area contributed by atoms with Crippen LogP contribution in [0.4, 0.5) is 0 Å². The standard InChI is InChI=1S/2C3H3N3O3.C2H4O/c2*7-1-4-2(8)6-3(9)5-1;1-2-3-1/h2*(H3,4,5,6,7,8,9);1-2H2. The Hall–Kier alpha value is -3.22. The molecule has 1 saturated heterocycles. The number of aromatic amines is 6. The van der Waals surface area contributed by atoms with E-state index in [0.29, 0.717) is 0 Å². The van der Waals surface area contributed by atoms with E-state index in [2.05, 4.69) is 4.74 Å². The zero-order valence-corrected chi connectivity index (χ0v) is 10.3. The summed E-state index contributed by atoms with van der Waals surface area (Å²) in [5, 5.41) is 0. The van der Waals surface area contributed by atoms with Gasteiger partial charge in [-0.05, 0) is 0 Å². The van der Waals surface area contributed by atoms with Gasteiger partial charge in [0.05, 0.1) is 13.2 Å². The number of epoxide rings is 1. The smallest absolute Gasteiger partial charge is 0.330 e. The van der Waals surface area contributed by atoms with Crippen LogP contribution in [0.5, 0.6) is 0 Å². The second-order valence-corrected chi connectivity index (χ2v) is 3.34. The average Bonchev–Trinajstić information content (AvgIpc) is 3.11. The van der Waals surface area contributed by atoms with Gasteiger partial charge in [0.25, 0.3) is 0 Å². The molecule has 0 aromatic carbocycles. The van der Waals surface area contributed by atoms with Gasteiger partial charge in [0, 0.05) is 0 Å². The number of nitrogens with one attached hydrogen (secondary N) is 6. The molecule has 21 heavy (non-hydrogen) atoms. The Morgan fingerprint density at radius 2 is 0.619 bits per heavy atom. The van der Waals surface area contributed by atoms with Crippen molar-refractivity contribution in [1.82, 2.24) is 29.9 Å². The van der Waals surface area contributed by atoms with Crippen LogP contribution in [0, 0.1) is 0 Å². The number of H-pyrrole nitrogens is 6. The monoisotopic (exact) mass is 302 g/mol. The molecule has 0 bridgehead atoms. The third-order valence-electron chi connectivity index (χ3n) is 1.57. The predicted molar refractivity (Wildman–Crippen MR) is 67.4 cm³/mol. The highest BCUT2D eigenvalue weighted by atomic mass is 16.6. The maximum Gasteiger partial charge on any atom is 0.330 e. The van der Waals surface area contributed by atoms with Crippen molar-refractivity contribution in [3.8, 4) is 0 Å². The molecule has 0 saturated carbocycles. The van der Waals surface area contributed by atoms with E-state index < -0.39 is 34.1 Å². The van der Waals surface area contributed by atoms with E-state index in [4.69, 9.17) is 0 Å². The topological polar surface area (TPSA) is 210 Å². The molecule has 0 amide bonds. The molecule has 0 unspecified atom stereocenters. The van der Waals surface area contributed by atoms with Gasteiger partial charge < -0.3 is 4.74 Å². The Morgan fingerprint density at radius 1 is 0.476 bits per heavy atom. The summed E-state index contributed by atoms with van der Waals surface area (Å²) >= 11 is 0. The van der Waals surface area contributed by atoms with Gasteiger partial charge >= 0.3 is 34.1 Å². The van der Waals surface area contributed by atoms with E-state index in [1.165, 1.54) is 0 Å². The molecule has 0 radical (unpaired) electrons. The van der Waals surface area contributed by atoms with Gasteiger partial charge in [-0.25, -0.2) is 28.8 Å². The molecule has 1 aliphatic heterocycles. The number of hydrogen-bond acceptors (Lipinski definition) is 7. The molecule has 13 nitrogen and oxygen atoms in total. The molecule has 6 N–H and O–H groups in total. The highest BCUT2D eigenvalue weighted by molar-refractivity contribution is 4.61. The summed E-state index contributed by atoms with van der Waals surface area (Å²) in [4.78, 5) is 71.8. The van der Waals surface area contributed by atoms with Crippen LogP contribution >= 0.6 is 0 Å². The van der Waals surface area contributed by atoms with Crippen LogP contribution in [-0.2, 0) is 4.74 Å². The van der Waals surface area contributed by atoms with Crippen molar-refractivity contribution in [3.05, 3.63) is 62.9 Å². The van der Waals surface area contributed by atoms with Gasteiger partial charge in [-0.15, -0.1) is 0 Å². The van der Waals surface area contributed by atoms with E-state index in [1.54, 1.807) is 29.9 Å². The third-order valence-corrected chi connectivity index (χ3v) is 1.57. The number of aromatic nitrogens is 6. The molecule has 2 aromatic heterocycles. The molecular weight excluding hydrogens is 292 g/mol. The fraction of sp³-hybridized carbons (Fsp3) is 0.250. The lowest BCUT2D eigenvalue weighted by Crippen LogP contribution is -2.34. The van der Waals surface area contributed by atoms with E-state index in [-0.39, 0.29) is 0 Å². The molecule has 0 spiro atoms. The number of ether oxygens (including phenoxy) is 1. The minimum absolute atomic E-state index is 0.802. The maximum absolute atomic E-state index is 10.2. The van der Waals surface area contributed by atoms with Crippen LogP contribution in [0.25, 0.3) is 0 Å². The lowest BCUT2D eigenvalue weighted by molar-refractivity contribution is 0.475. The Bertz CT molecular complexity index is 673. The predicted octanol–water partition coefficient (Wildman–Crippen LogP) is -4.48. The van der Waals surface area contributed by atoms with Gasteiger partial charge in [-0.3, -0.25) is 29.9 Å². The second kappa shape index (κ2) is 7.39. The van der Waals surface area contributed by atoms with E-state index in [9.17, 15) is 28.8 Å². The summed E-state index contributed by atoms with van der Waals surface area (Å²) in [7, 11) is 0. The first kappa shape index (κ1) is 15.8. The average molecular weight is 302 g/mol. The van der Waals surface area contributed by atoms with E-state index >= 15 is 0 Å². The first-order valence-electron chi connectivity index (χ1n) is 5.30. The SMILES string of the molecule is C1CO1.O=c1[nH]c(=O)[nH]c(=O)[nH]1.O=c1[nH]c(=O)[nH]c(=O)[nH]1. The first-order chi connectivity index (χ1) is 9.86. The van der Waals surface area contributed by atoms with Gasteiger partial charge in [0.2, 0.25) is 0 Å². The Labute approximate surface area is 112 Å². The van der Waals surface area contributed by atoms with Crippen molar-refractivity contribution in [2.75, 3.05) is 13.2 Å². The van der Waals surface area contributed by atoms with Crippen molar-refractivity contribution < 1.29 is 4.74 Å². The molecule has 1 fully saturated rings. The number of hydrogen-bond donors (Lipinski definition) is 6.